The van der Waals surface area contributed by atoms with E-state index in [-0.39, 0.29) is 17.5 Å². The lowest BCUT2D eigenvalue weighted by Crippen LogP contribution is -2.50. The Morgan fingerprint density at radius 2 is 1.62 bits per heavy atom. The van der Waals surface area contributed by atoms with Crippen LogP contribution in [0.25, 0.3) is 27.9 Å². The number of nitro groups is 1. The van der Waals surface area contributed by atoms with Crippen molar-refractivity contribution in [3.05, 3.63) is 94.5 Å². The number of amides is 1. The summed E-state index contributed by atoms with van der Waals surface area (Å²) in [5.41, 5.74) is 2.69. The Kier molecular flexibility index (Phi) is 6.36. The number of aromatic nitrogens is 4. The summed E-state index contributed by atoms with van der Waals surface area (Å²) in [6.45, 7) is 4.25. The maximum atomic E-state index is 13.5. The van der Waals surface area contributed by atoms with Crippen LogP contribution < -0.4 is 4.90 Å². The highest BCUT2D eigenvalue weighted by Gasteiger charge is 2.30. The third-order valence-corrected chi connectivity index (χ3v) is 7.35. The number of rotatable bonds is 6. The van der Waals surface area contributed by atoms with Crippen LogP contribution in [0.5, 0.6) is 0 Å². The number of fused-ring (bicyclic) bond motifs is 3. The molecule has 0 bridgehead atoms. The smallest absolute Gasteiger partial charge is 0.280 e. The topological polar surface area (TPSA) is 110 Å². The van der Waals surface area contributed by atoms with Gasteiger partial charge in [-0.15, -0.1) is 10.2 Å². The second-order valence-electron chi connectivity index (χ2n) is 9.57. The van der Waals surface area contributed by atoms with E-state index in [4.69, 9.17) is 4.98 Å². The van der Waals surface area contributed by atoms with Gasteiger partial charge in [0.1, 0.15) is 0 Å². The van der Waals surface area contributed by atoms with E-state index in [9.17, 15) is 14.9 Å². The molecule has 3 heterocycles. The molecule has 1 saturated heterocycles. The molecule has 10 nitrogen and oxygen atoms in total. The zero-order chi connectivity index (χ0) is 26.9. The summed E-state index contributed by atoms with van der Waals surface area (Å²) in [6.07, 6.45) is 0.732. The van der Waals surface area contributed by atoms with Crippen molar-refractivity contribution in [1.29, 1.82) is 0 Å². The molecule has 0 aliphatic carbocycles. The third kappa shape index (κ3) is 4.33. The van der Waals surface area contributed by atoms with Gasteiger partial charge in [-0.2, -0.15) is 0 Å². The molecule has 1 aliphatic rings. The highest BCUT2D eigenvalue weighted by molar-refractivity contribution is 5.93. The first-order valence-electron chi connectivity index (χ1n) is 13.0. The monoisotopic (exact) mass is 521 g/mol. The molecule has 0 saturated carbocycles. The first-order valence-corrected chi connectivity index (χ1v) is 13.0. The number of carbonyl (C=O) groups is 1. The zero-order valence-electron chi connectivity index (χ0n) is 21.5. The van der Waals surface area contributed by atoms with E-state index < -0.39 is 4.92 Å². The van der Waals surface area contributed by atoms with Crippen molar-refractivity contribution in [3.8, 4) is 11.4 Å². The summed E-state index contributed by atoms with van der Waals surface area (Å²) in [6, 6.07) is 24.1. The molecule has 1 amide bonds. The van der Waals surface area contributed by atoms with Crippen LogP contribution in [0.3, 0.4) is 0 Å². The molecule has 10 heteroatoms. The predicted molar refractivity (Wildman–Crippen MR) is 149 cm³/mol. The lowest BCUT2D eigenvalue weighted by molar-refractivity contribution is -0.384. The van der Waals surface area contributed by atoms with Gasteiger partial charge < -0.3 is 9.80 Å². The number of nitrogens with zero attached hydrogens (tertiary/aromatic N) is 7. The molecular weight excluding hydrogens is 494 g/mol. The van der Waals surface area contributed by atoms with Gasteiger partial charge in [0.25, 0.3) is 5.69 Å². The van der Waals surface area contributed by atoms with Gasteiger partial charge in [0, 0.05) is 37.6 Å². The van der Waals surface area contributed by atoms with Crippen molar-refractivity contribution in [2.75, 3.05) is 31.1 Å². The fourth-order valence-corrected chi connectivity index (χ4v) is 5.36. The first-order chi connectivity index (χ1) is 19.1. The number of nitro benzene ring substituents is 1. The number of hydrogen-bond acceptors (Lipinski definition) is 7. The number of para-hydroxylation sites is 2. The molecule has 1 aliphatic heterocycles. The van der Waals surface area contributed by atoms with Gasteiger partial charge in [0.15, 0.2) is 11.5 Å². The standard InChI is InChI=1S/C29H27N7O3/c1-2-21(20-10-4-3-5-11-20)28(37)33-16-18-34(19-17-33)29-30-24-14-8-6-12-22(24)26-31-32-27(35(26)29)23-13-7-9-15-25(23)36(38)39/h3-15,21H,2,16-19H2,1H3/t21-/m1/s1. The van der Waals surface area contributed by atoms with Crippen LogP contribution in [0.1, 0.15) is 24.8 Å². The Bertz CT molecular complexity index is 1680. The minimum absolute atomic E-state index is 0.0483. The number of benzene rings is 3. The Balaban J connectivity index is 1.37. The highest BCUT2D eigenvalue weighted by atomic mass is 16.6. The predicted octanol–water partition coefficient (Wildman–Crippen LogP) is 4.70. The van der Waals surface area contributed by atoms with Gasteiger partial charge in [0.05, 0.1) is 21.9 Å². The number of anilines is 1. The summed E-state index contributed by atoms with van der Waals surface area (Å²) in [5.74, 6) is 0.916. The third-order valence-electron chi connectivity index (χ3n) is 7.35. The summed E-state index contributed by atoms with van der Waals surface area (Å²) in [4.78, 5) is 33.9. The van der Waals surface area contributed by atoms with Gasteiger partial charge in [0.2, 0.25) is 11.9 Å². The second kappa shape index (κ2) is 10.1. The van der Waals surface area contributed by atoms with E-state index in [1.54, 1.807) is 22.6 Å². The summed E-state index contributed by atoms with van der Waals surface area (Å²) >= 11 is 0. The van der Waals surface area contributed by atoms with Crippen molar-refractivity contribution in [3.63, 3.8) is 0 Å². The maximum Gasteiger partial charge on any atom is 0.280 e. The Labute approximate surface area is 224 Å². The van der Waals surface area contributed by atoms with Crippen molar-refractivity contribution in [2.24, 2.45) is 0 Å². The van der Waals surface area contributed by atoms with Crippen LogP contribution in [-0.4, -0.2) is 61.5 Å². The zero-order valence-corrected chi connectivity index (χ0v) is 21.5. The summed E-state index contributed by atoms with van der Waals surface area (Å²) < 4.78 is 1.81. The first kappa shape index (κ1) is 24.5. The average molecular weight is 522 g/mol. The molecule has 196 valence electrons. The molecule has 5 aromatic rings. The van der Waals surface area contributed by atoms with Gasteiger partial charge in [-0.25, -0.2) is 9.38 Å². The van der Waals surface area contributed by atoms with Crippen molar-refractivity contribution >= 4 is 34.1 Å². The number of piperazine rings is 1. The number of hydrogen-bond donors (Lipinski definition) is 0. The molecule has 3 aromatic carbocycles. The van der Waals surface area contributed by atoms with E-state index in [2.05, 4.69) is 15.1 Å². The van der Waals surface area contributed by atoms with E-state index in [1.165, 1.54) is 6.07 Å². The number of carbonyl (C=O) groups excluding carboxylic acids is 1. The molecule has 1 atom stereocenters. The van der Waals surface area contributed by atoms with Gasteiger partial charge in [-0.05, 0) is 30.2 Å². The molecule has 2 aromatic heterocycles. The summed E-state index contributed by atoms with van der Waals surface area (Å²) in [7, 11) is 0. The van der Waals surface area contributed by atoms with Gasteiger partial charge in [-0.1, -0.05) is 61.5 Å². The Hall–Kier alpha value is -4.86. The maximum absolute atomic E-state index is 13.5. The van der Waals surface area contributed by atoms with Crippen molar-refractivity contribution in [1.82, 2.24) is 24.5 Å². The van der Waals surface area contributed by atoms with Crippen molar-refractivity contribution in [2.45, 2.75) is 19.3 Å². The SMILES string of the molecule is CC[C@@H](C(=O)N1CCN(c2nc3ccccc3c3nnc(-c4ccccc4[N+](=O)[O-])n23)CC1)c1ccccc1. The molecule has 0 spiro atoms. The van der Waals surface area contributed by atoms with E-state index in [0.29, 0.717) is 49.2 Å². The largest absolute Gasteiger partial charge is 0.339 e. The molecule has 6 rings (SSSR count). The molecule has 0 N–H and O–H groups in total. The summed E-state index contributed by atoms with van der Waals surface area (Å²) in [5, 5.41) is 21.5. The van der Waals surface area contributed by atoms with E-state index >= 15 is 0 Å². The van der Waals surface area contributed by atoms with Crippen LogP contribution in [0.4, 0.5) is 11.6 Å². The quantitative estimate of drug-likeness (QED) is 0.235. The van der Waals surface area contributed by atoms with Crippen LogP contribution in [0.15, 0.2) is 78.9 Å². The van der Waals surface area contributed by atoms with Crippen molar-refractivity contribution < 1.29 is 9.72 Å². The van der Waals surface area contributed by atoms with Gasteiger partial charge in [-0.3, -0.25) is 14.9 Å². The van der Waals surface area contributed by atoms with E-state index in [1.807, 2.05) is 66.4 Å². The van der Waals surface area contributed by atoms with E-state index in [0.717, 1.165) is 22.9 Å². The fourth-order valence-electron chi connectivity index (χ4n) is 5.36. The second-order valence-corrected chi connectivity index (χ2v) is 9.57. The fraction of sp³-hybridized carbons (Fsp3) is 0.241. The lowest BCUT2D eigenvalue weighted by atomic mass is 9.95. The van der Waals surface area contributed by atoms with Crippen LogP contribution in [-0.2, 0) is 4.79 Å². The minimum Gasteiger partial charge on any atom is -0.339 e. The molecular formula is C29H27N7O3. The normalized spacial score (nSPS) is 14.6. The van der Waals surface area contributed by atoms with Crippen LogP contribution in [0.2, 0.25) is 0 Å². The van der Waals surface area contributed by atoms with Crippen LogP contribution in [0, 0.1) is 10.1 Å². The lowest BCUT2D eigenvalue weighted by Gasteiger charge is -2.37. The van der Waals surface area contributed by atoms with Crippen LogP contribution >= 0.6 is 0 Å². The molecule has 0 unspecified atom stereocenters. The Morgan fingerprint density at radius 3 is 2.36 bits per heavy atom. The average Bonchev–Trinajstić information content (AvgIpc) is 3.43. The molecule has 0 radical (unpaired) electrons. The Morgan fingerprint density at radius 1 is 0.923 bits per heavy atom. The highest BCUT2D eigenvalue weighted by Crippen LogP contribution is 2.33. The van der Waals surface area contributed by atoms with Gasteiger partial charge >= 0.3 is 0 Å². The minimum atomic E-state index is -0.411. The molecule has 1 fully saturated rings. The molecule has 39 heavy (non-hydrogen) atoms.